The summed E-state index contributed by atoms with van der Waals surface area (Å²) in [6.45, 7) is 12.3. The van der Waals surface area contributed by atoms with Crippen molar-refractivity contribution < 1.29 is 19.1 Å². The monoisotopic (exact) mass is 292 g/mol. The number of methoxy groups -OCH3 is 1. The highest BCUT2D eigenvalue weighted by molar-refractivity contribution is 5.71. The first-order valence-electron chi connectivity index (χ1n) is 7.00. The van der Waals surface area contributed by atoms with Crippen molar-refractivity contribution in [2.75, 3.05) is 20.2 Å². The molecule has 0 rings (SSSR count). The second-order valence-corrected chi connectivity index (χ2v) is 4.56. The Bertz CT molecular complexity index is 232. The van der Waals surface area contributed by atoms with Gasteiger partial charge in [-0.3, -0.25) is 4.79 Å². The van der Waals surface area contributed by atoms with Crippen molar-refractivity contribution >= 4 is 12.1 Å². The van der Waals surface area contributed by atoms with Gasteiger partial charge in [-0.05, 0) is 27.2 Å². The number of hydrogen-bond acceptors (Lipinski definition) is 5. The number of hydrogen-bond donors (Lipinski definition) is 2. The van der Waals surface area contributed by atoms with Gasteiger partial charge in [-0.15, -0.1) is 0 Å². The fraction of sp³-hybridized carbons (Fsp3) is 0.857. The predicted octanol–water partition coefficient (Wildman–Crippen LogP) is 2.46. The number of nitrogens with two attached hydrogens (primary N) is 1. The van der Waals surface area contributed by atoms with Crippen LogP contribution < -0.4 is 11.1 Å². The van der Waals surface area contributed by atoms with Crippen LogP contribution in [0.2, 0.25) is 0 Å². The number of carbonyl (C=O) groups excluding carboxylic acids is 2. The minimum absolute atomic E-state index is 0.0312. The third-order valence-electron chi connectivity index (χ3n) is 1.59. The van der Waals surface area contributed by atoms with Gasteiger partial charge in [0.15, 0.2) is 0 Å². The van der Waals surface area contributed by atoms with Gasteiger partial charge in [-0.1, -0.05) is 27.2 Å². The first kappa shape index (κ1) is 23.8. The summed E-state index contributed by atoms with van der Waals surface area (Å²) in [5.74, 6) is -0.380. The minimum atomic E-state index is -0.393. The minimum Gasteiger partial charge on any atom is -0.468 e. The van der Waals surface area contributed by atoms with Gasteiger partial charge in [0, 0.05) is 6.54 Å². The molecule has 0 spiro atoms. The molecule has 3 N–H and O–H groups in total. The molecule has 0 atom stereocenters. The number of carbonyl (C=O) groups is 2. The molecule has 0 unspecified atom stereocenters. The van der Waals surface area contributed by atoms with Crippen LogP contribution in [0.25, 0.3) is 0 Å². The van der Waals surface area contributed by atoms with E-state index in [-0.39, 0.29) is 18.6 Å². The molecule has 0 heterocycles. The zero-order valence-corrected chi connectivity index (χ0v) is 14.0. The fourth-order valence-electron chi connectivity index (χ4n) is 0.765. The molecule has 0 aliphatic carbocycles. The van der Waals surface area contributed by atoms with Crippen LogP contribution in [0.4, 0.5) is 4.79 Å². The molecular weight excluding hydrogens is 260 g/mol. The van der Waals surface area contributed by atoms with E-state index in [0.717, 1.165) is 12.8 Å². The summed E-state index contributed by atoms with van der Waals surface area (Å²) in [5, 5.41) is 2.68. The lowest BCUT2D eigenvalue weighted by Gasteiger charge is -2.19. The van der Waals surface area contributed by atoms with E-state index in [1.165, 1.54) is 7.11 Å². The number of alkyl carbamates (subject to hydrolysis) is 1. The lowest BCUT2D eigenvalue weighted by molar-refractivity contribution is -0.138. The normalized spacial score (nSPS) is 9.20. The molecule has 0 bridgehead atoms. The van der Waals surface area contributed by atoms with Crippen LogP contribution in [0.3, 0.4) is 0 Å². The van der Waals surface area contributed by atoms with E-state index in [9.17, 15) is 9.59 Å². The zero-order chi connectivity index (χ0) is 16.6. The van der Waals surface area contributed by atoms with Gasteiger partial charge >= 0.3 is 12.1 Å². The summed E-state index contributed by atoms with van der Waals surface area (Å²) >= 11 is 0. The predicted molar refractivity (Wildman–Crippen MR) is 81.6 cm³/mol. The molecule has 0 aliphatic heterocycles. The SMILES string of the molecule is CC.CCCCNC(=O)OC(C)(C)C.COC(=O)CN. The summed E-state index contributed by atoms with van der Waals surface area (Å²) in [5.41, 5.74) is 4.42. The molecule has 0 saturated heterocycles. The second kappa shape index (κ2) is 15.8. The maximum Gasteiger partial charge on any atom is 0.407 e. The molecule has 122 valence electrons. The van der Waals surface area contributed by atoms with Crippen molar-refractivity contribution in [2.45, 2.75) is 60.0 Å². The quantitative estimate of drug-likeness (QED) is 0.613. The molecule has 20 heavy (non-hydrogen) atoms. The molecule has 1 amide bonds. The van der Waals surface area contributed by atoms with E-state index in [0.29, 0.717) is 6.54 Å². The van der Waals surface area contributed by atoms with Crippen molar-refractivity contribution in [3.05, 3.63) is 0 Å². The Morgan fingerprint density at radius 2 is 1.70 bits per heavy atom. The maximum absolute atomic E-state index is 11.0. The molecule has 0 aliphatic rings. The van der Waals surface area contributed by atoms with E-state index < -0.39 is 5.60 Å². The Balaban J connectivity index is -0.000000304. The first-order valence-corrected chi connectivity index (χ1v) is 7.00. The first-order chi connectivity index (χ1) is 9.26. The van der Waals surface area contributed by atoms with Crippen LogP contribution >= 0.6 is 0 Å². The molecule has 0 radical (unpaired) electrons. The Morgan fingerprint density at radius 1 is 1.20 bits per heavy atom. The third-order valence-corrected chi connectivity index (χ3v) is 1.59. The number of esters is 1. The number of amides is 1. The van der Waals surface area contributed by atoms with Crippen LogP contribution in [-0.2, 0) is 14.3 Å². The van der Waals surface area contributed by atoms with Gasteiger partial charge in [0.1, 0.15) is 5.60 Å². The summed E-state index contributed by atoms with van der Waals surface area (Å²) < 4.78 is 9.17. The smallest absolute Gasteiger partial charge is 0.407 e. The Hall–Kier alpha value is -1.30. The Labute approximate surface area is 123 Å². The van der Waals surface area contributed by atoms with Crippen LogP contribution in [0.15, 0.2) is 0 Å². The van der Waals surface area contributed by atoms with Gasteiger partial charge in [-0.2, -0.15) is 0 Å². The summed E-state index contributed by atoms with van der Waals surface area (Å²) in [7, 11) is 1.30. The lowest BCUT2D eigenvalue weighted by Crippen LogP contribution is -2.32. The van der Waals surface area contributed by atoms with Crippen LogP contribution in [0, 0.1) is 0 Å². The van der Waals surface area contributed by atoms with Gasteiger partial charge in [0.05, 0.1) is 13.7 Å². The van der Waals surface area contributed by atoms with Gasteiger partial charge in [0.25, 0.3) is 0 Å². The molecular formula is C14H32N2O4. The largest absolute Gasteiger partial charge is 0.468 e. The average Bonchev–Trinajstić information content (AvgIpc) is 2.39. The van der Waals surface area contributed by atoms with E-state index in [4.69, 9.17) is 10.5 Å². The van der Waals surface area contributed by atoms with Gasteiger partial charge in [-0.25, -0.2) is 4.79 Å². The average molecular weight is 292 g/mol. The van der Waals surface area contributed by atoms with E-state index >= 15 is 0 Å². The summed E-state index contributed by atoms with van der Waals surface area (Å²) in [6.07, 6.45) is 1.76. The molecule has 0 aromatic heterocycles. The van der Waals surface area contributed by atoms with Crippen molar-refractivity contribution in [1.82, 2.24) is 5.32 Å². The maximum atomic E-state index is 11.0. The number of nitrogens with one attached hydrogen (secondary N) is 1. The van der Waals surface area contributed by atoms with E-state index in [1.807, 2.05) is 34.6 Å². The van der Waals surface area contributed by atoms with Gasteiger partial charge < -0.3 is 20.5 Å². The van der Waals surface area contributed by atoms with Crippen LogP contribution in [0.5, 0.6) is 0 Å². The summed E-state index contributed by atoms with van der Waals surface area (Å²) in [4.78, 5) is 20.8. The molecule has 0 fully saturated rings. The van der Waals surface area contributed by atoms with Crippen molar-refractivity contribution in [3.63, 3.8) is 0 Å². The Kier molecular flexibility index (Phi) is 18.7. The molecule has 0 saturated carbocycles. The van der Waals surface area contributed by atoms with Crippen molar-refractivity contribution in [3.8, 4) is 0 Å². The van der Waals surface area contributed by atoms with Crippen LogP contribution in [-0.4, -0.2) is 37.9 Å². The highest BCUT2D eigenvalue weighted by Gasteiger charge is 2.14. The molecule has 0 aromatic rings. The van der Waals surface area contributed by atoms with Gasteiger partial charge in [0.2, 0.25) is 0 Å². The third kappa shape index (κ3) is 25.5. The molecule has 6 heteroatoms. The highest BCUT2D eigenvalue weighted by atomic mass is 16.6. The molecule has 6 nitrogen and oxygen atoms in total. The topological polar surface area (TPSA) is 90.6 Å². The van der Waals surface area contributed by atoms with Crippen molar-refractivity contribution in [2.24, 2.45) is 5.73 Å². The number of unbranched alkanes of at least 4 members (excludes halogenated alkanes) is 1. The number of ether oxygens (including phenoxy) is 2. The van der Waals surface area contributed by atoms with E-state index in [1.54, 1.807) is 0 Å². The standard InChI is InChI=1S/C9H19NO2.C3H7NO2.C2H6/c1-5-6-7-10-8(11)12-9(2,3)4;1-6-3(5)2-4;1-2/h5-7H2,1-4H3,(H,10,11);2,4H2,1H3;1-2H3. The van der Waals surface area contributed by atoms with Crippen molar-refractivity contribution in [1.29, 1.82) is 0 Å². The molecule has 0 aromatic carbocycles. The highest BCUT2D eigenvalue weighted by Crippen LogP contribution is 2.06. The van der Waals surface area contributed by atoms with E-state index in [2.05, 4.69) is 17.0 Å². The lowest BCUT2D eigenvalue weighted by atomic mass is 10.2. The Morgan fingerprint density at radius 3 is 1.95 bits per heavy atom. The second-order valence-electron chi connectivity index (χ2n) is 4.56. The van der Waals surface area contributed by atoms with Crippen LogP contribution in [0.1, 0.15) is 54.4 Å². The zero-order valence-electron chi connectivity index (χ0n) is 14.0. The number of rotatable bonds is 4. The summed E-state index contributed by atoms with van der Waals surface area (Å²) in [6, 6.07) is 0. The fourth-order valence-corrected chi connectivity index (χ4v) is 0.765.